The third-order valence-electron chi connectivity index (χ3n) is 3.65. The van der Waals surface area contributed by atoms with Crippen LogP contribution in [0.1, 0.15) is 9.67 Å². The SMILES string of the molecule is COc1ccc2c(Cl)c(C(=O)OCC(=O)Nc3ccc(Cl)cc3Cl)sc2c1Cl. The van der Waals surface area contributed by atoms with Gasteiger partial charge in [0, 0.05) is 10.4 Å². The first-order chi connectivity index (χ1) is 13.3. The molecule has 0 aliphatic rings. The molecule has 1 heterocycles. The number of benzene rings is 2. The van der Waals surface area contributed by atoms with E-state index in [2.05, 4.69) is 5.32 Å². The van der Waals surface area contributed by atoms with Crippen LogP contribution in [0.5, 0.6) is 5.75 Å². The minimum atomic E-state index is -0.737. The summed E-state index contributed by atoms with van der Waals surface area (Å²) in [6, 6.07) is 7.96. The van der Waals surface area contributed by atoms with E-state index < -0.39 is 18.5 Å². The van der Waals surface area contributed by atoms with E-state index in [-0.39, 0.29) is 14.9 Å². The Bertz CT molecular complexity index is 1080. The second-order valence-electron chi connectivity index (χ2n) is 5.45. The van der Waals surface area contributed by atoms with E-state index in [1.165, 1.54) is 13.2 Å². The quantitative estimate of drug-likeness (QED) is 0.436. The van der Waals surface area contributed by atoms with Gasteiger partial charge in [-0.15, -0.1) is 11.3 Å². The summed E-state index contributed by atoms with van der Waals surface area (Å²) in [7, 11) is 1.49. The molecule has 10 heteroatoms. The number of thiophene rings is 1. The van der Waals surface area contributed by atoms with Gasteiger partial charge in [0.25, 0.3) is 5.91 Å². The van der Waals surface area contributed by atoms with Crippen LogP contribution in [0, 0.1) is 0 Å². The Labute approximate surface area is 184 Å². The first-order valence-electron chi connectivity index (χ1n) is 7.68. The van der Waals surface area contributed by atoms with Crippen LogP contribution in [0.25, 0.3) is 10.1 Å². The van der Waals surface area contributed by atoms with E-state index in [1.807, 2.05) is 0 Å². The summed E-state index contributed by atoms with van der Waals surface area (Å²) in [5.41, 5.74) is 0.353. The third kappa shape index (κ3) is 4.31. The first kappa shape index (κ1) is 21.0. The number of fused-ring (bicyclic) bond motifs is 1. The van der Waals surface area contributed by atoms with Gasteiger partial charge in [-0.3, -0.25) is 4.79 Å². The Morgan fingerprint density at radius 3 is 2.50 bits per heavy atom. The molecule has 146 valence electrons. The minimum Gasteiger partial charge on any atom is -0.495 e. The third-order valence-corrected chi connectivity index (χ3v) is 6.39. The molecule has 1 aromatic heterocycles. The highest BCUT2D eigenvalue weighted by molar-refractivity contribution is 7.22. The van der Waals surface area contributed by atoms with Gasteiger partial charge >= 0.3 is 5.97 Å². The number of nitrogens with one attached hydrogen (secondary N) is 1. The van der Waals surface area contributed by atoms with Crippen molar-refractivity contribution in [2.45, 2.75) is 0 Å². The lowest BCUT2D eigenvalue weighted by molar-refractivity contribution is -0.119. The van der Waals surface area contributed by atoms with E-state index in [9.17, 15) is 9.59 Å². The number of amides is 1. The van der Waals surface area contributed by atoms with Crippen LogP contribution in [0.2, 0.25) is 20.1 Å². The fraction of sp³-hybridized carbons (Fsp3) is 0.111. The van der Waals surface area contributed by atoms with Gasteiger partial charge in [0.15, 0.2) is 6.61 Å². The van der Waals surface area contributed by atoms with Crippen LogP contribution in [0.15, 0.2) is 30.3 Å². The molecule has 3 aromatic rings. The number of methoxy groups -OCH3 is 1. The molecular formula is C18H11Cl4NO4S. The molecule has 0 bridgehead atoms. The van der Waals surface area contributed by atoms with Gasteiger partial charge in [-0.25, -0.2) is 4.79 Å². The predicted molar refractivity (Wildman–Crippen MR) is 114 cm³/mol. The molecule has 1 amide bonds. The monoisotopic (exact) mass is 477 g/mol. The zero-order valence-corrected chi connectivity index (χ0v) is 18.0. The summed E-state index contributed by atoms with van der Waals surface area (Å²) in [5, 5.41) is 4.39. The summed E-state index contributed by atoms with van der Waals surface area (Å²) >= 11 is 25.4. The van der Waals surface area contributed by atoms with Crippen molar-refractivity contribution < 1.29 is 19.1 Å². The minimum absolute atomic E-state index is 0.143. The number of ether oxygens (including phenoxy) is 2. The van der Waals surface area contributed by atoms with Gasteiger partial charge in [-0.05, 0) is 30.3 Å². The molecule has 0 saturated heterocycles. The molecule has 0 radical (unpaired) electrons. The Morgan fingerprint density at radius 2 is 1.82 bits per heavy atom. The number of carbonyl (C=O) groups is 2. The maximum absolute atomic E-state index is 12.4. The van der Waals surface area contributed by atoms with Crippen LogP contribution in [-0.4, -0.2) is 25.6 Å². The fourth-order valence-corrected chi connectivity index (χ4v) is 4.58. The maximum Gasteiger partial charge on any atom is 0.350 e. The number of hydrogen-bond donors (Lipinski definition) is 1. The standard InChI is InChI=1S/C18H11Cl4NO4S/c1-26-12-5-3-9-14(21)17(28-16(9)15(12)22)18(25)27-7-13(24)23-11-4-2-8(19)6-10(11)20/h2-6H,7H2,1H3,(H,23,24). The fourth-order valence-electron chi connectivity index (χ4n) is 2.34. The van der Waals surface area contributed by atoms with Crippen LogP contribution in [0.3, 0.4) is 0 Å². The molecule has 0 atom stereocenters. The van der Waals surface area contributed by atoms with Gasteiger partial charge in [0.05, 0.1) is 27.5 Å². The normalized spacial score (nSPS) is 10.8. The number of esters is 1. The van der Waals surface area contributed by atoms with Crippen molar-refractivity contribution in [3.8, 4) is 5.75 Å². The molecule has 0 aliphatic heterocycles. The molecule has 5 nitrogen and oxygen atoms in total. The van der Waals surface area contributed by atoms with Crippen molar-refractivity contribution in [1.82, 2.24) is 0 Å². The van der Waals surface area contributed by atoms with Crippen molar-refractivity contribution >= 4 is 85.4 Å². The summed E-state index contributed by atoms with van der Waals surface area (Å²) in [5.74, 6) is -0.834. The van der Waals surface area contributed by atoms with Crippen molar-refractivity contribution in [2.75, 3.05) is 19.0 Å². The highest BCUT2D eigenvalue weighted by Crippen LogP contribution is 2.43. The van der Waals surface area contributed by atoms with E-state index in [1.54, 1.807) is 24.3 Å². The number of carbonyl (C=O) groups excluding carboxylic acids is 2. The Morgan fingerprint density at radius 1 is 1.07 bits per heavy atom. The van der Waals surface area contributed by atoms with Gasteiger partial charge in [0.2, 0.25) is 0 Å². The molecule has 0 unspecified atom stereocenters. The molecule has 28 heavy (non-hydrogen) atoms. The number of rotatable bonds is 5. The van der Waals surface area contributed by atoms with Crippen molar-refractivity contribution in [1.29, 1.82) is 0 Å². The summed E-state index contributed by atoms with van der Waals surface area (Å²) in [4.78, 5) is 24.6. The lowest BCUT2D eigenvalue weighted by Crippen LogP contribution is -2.20. The number of anilines is 1. The number of halogens is 4. The Hall–Kier alpha value is -1.70. The molecule has 0 aliphatic carbocycles. The molecule has 0 fully saturated rings. The Balaban J connectivity index is 1.72. The Kier molecular flexibility index (Phi) is 6.58. The van der Waals surface area contributed by atoms with Gasteiger partial charge in [0.1, 0.15) is 15.6 Å². The van der Waals surface area contributed by atoms with Crippen molar-refractivity contribution in [3.63, 3.8) is 0 Å². The molecule has 3 rings (SSSR count). The summed E-state index contributed by atoms with van der Waals surface area (Å²) < 4.78 is 10.8. The van der Waals surface area contributed by atoms with Gasteiger partial charge < -0.3 is 14.8 Å². The zero-order chi connectivity index (χ0) is 20.4. The van der Waals surface area contributed by atoms with E-state index in [4.69, 9.17) is 55.9 Å². The van der Waals surface area contributed by atoms with Crippen LogP contribution < -0.4 is 10.1 Å². The van der Waals surface area contributed by atoms with Gasteiger partial charge in [-0.2, -0.15) is 0 Å². The van der Waals surface area contributed by atoms with E-state index >= 15 is 0 Å². The highest BCUT2D eigenvalue weighted by atomic mass is 35.5. The van der Waals surface area contributed by atoms with E-state index in [0.29, 0.717) is 31.6 Å². The number of hydrogen-bond acceptors (Lipinski definition) is 5. The first-order valence-corrected chi connectivity index (χ1v) is 10.0. The lowest BCUT2D eigenvalue weighted by atomic mass is 10.2. The second-order valence-corrected chi connectivity index (χ2v) is 8.07. The van der Waals surface area contributed by atoms with Crippen LogP contribution in [-0.2, 0) is 9.53 Å². The van der Waals surface area contributed by atoms with E-state index in [0.717, 1.165) is 11.3 Å². The predicted octanol–water partition coefficient (Wildman–Crippen LogP) is 6.32. The highest BCUT2D eigenvalue weighted by Gasteiger charge is 2.22. The largest absolute Gasteiger partial charge is 0.495 e. The lowest BCUT2D eigenvalue weighted by Gasteiger charge is -2.08. The smallest absolute Gasteiger partial charge is 0.350 e. The van der Waals surface area contributed by atoms with Crippen molar-refractivity contribution in [2.24, 2.45) is 0 Å². The molecule has 0 spiro atoms. The van der Waals surface area contributed by atoms with Crippen molar-refractivity contribution in [3.05, 3.63) is 55.3 Å². The molecule has 1 N–H and O–H groups in total. The van der Waals surface area contributed by atoms with Gasteiger partial charge in [-0.1, -0.05) is 46.4 Å². The molecule has 0 saturated carbocycles. The maximum atomic E-state index is 12.4. The summed E-state index contributed by atoms with van der Waals surface area (Å²) in [6.07, 6.45) is 0. The van der Waals surface area contributed by atoms with Crippen LogP contribution in [0.4, 0.5) is 5.69 Å². The molecular weight excluding hydrogens is 468 g/mol. The van der Waals surface area contributed by atoms with Crippen LogP contribution >= 0.6 is 57.7 Å². The summed E-state index contributed by atoms with van der Waals surface area (Å²) in [6.45, 7) is -0.514. The zero-order valence-electron chi connectivity index (χ0n) is 14.1. The average molecular weight is 479 g/mol. The molecule has 2 aromatic carbocycles. The topological polar surface area (TPSA) is 64.6 Å². The average Bonchev–Trinajstić information content (AvgIpc) is 3.00. The second kappa shape index (κ2) is 8.76.